The summed E-state index contributed by atoms with van der Waals surface area (Å²) in [4.78, 5) is 28.6. The average Bonchev–Trinajstić information content (AvgIpc) is 3.58. The van der Waals surface area contributed by atoms with E-state index in [4.69, 9.17) is 9.47 Å². The van der Waals surface area contributed by atoms with Crippen LogP contribution in [-0.2, 0) is 11.3 Å². The Bertz CT molecular complexity index is 909. The van der Waals surface area contributed by atoms with E-state index >= 15 is 0 Å². The van der Waals surface area contributed by atoms with Crippen LogP contribution < -0.4 is 14.8 Å². The van der Waals surface area contributed by atoms with Crippen molar-refractivity contribution in [1.82, 2.24) is 9.80 Å². The second-order valence-corrected chi connectivity index (χ2v) is 7.64. The highest BCUT2D eigenvalue weighted by Gasteiger charge is 2.31. The van der Waals surface area contributed by atoms with Gasteiger partial charge in [-0.25, -0.2) is 0 Å². The summed E-state index contributed by atoms with van der Waals surface area (Å²) in [6.45, 7) is 0.856. The molecule has 2 amide bonds. The van der Waals surface area contributed by atoms with E-state index in [0.717, 1.165) is 29.9 Å². The van der Waals surface area contributed by atoms with E-state index in [1.54, 1.807) is 52.6 Å². The fourth-order valence-electron chi connectivity index (χ4n) is 3.35. The molecule has 2 aromatic rings. The fourth-order valence-corrected chi connectivity index (χ4v) is 3.35. The van der Waals surface area contributed by atoms with Crippen LogP contribution in [0.15, 0.2) is 42.5 Å². The minimum Gasteiger partial charge on any atom is -0.497 e. The van der Waals surface area contributed by atoms with Crippen molar-refractivity contribution in [3.63, 3.8) is 0 Å². The monoisotopic (exact) mass is 411 g/mol. The minimum atomic E-state index is -0.113. The molecule has 1 aliphatic rings. The first kappa shape index (κ1) is 21.6. The predicted octanol–water partition coefficient (Wildman–Crippen LogP) is 3.01. The molecule has 1 N–H and O–H groups in total. The molecule has 2 aromatic carbocycles. The van der Waals surface area contributed by atoms with E-state index in [-0.39, 0.29) is 18.4 Å². The van der Waals surface area contributed by atoms with Gasteiger partial charge >= 0.3 is 0 Å². The molecule has 0 spiro atoms. The lowest BCUT2D eigenvalue weighted by molar-refractivity contribution is -0.117. The zero-order valence-corrected chi connectivity index (χ0v) is 18.0. The molecule has 3 rings (SSSR count). The van der Waals surface area contributed by atoms with Gasteiger partial charge in [0.1, 0.15) is 11.5 Å². The molecule has 0 radical (unpaired) electrons. The number of nitrogens with zero attached hydrogens (tertiary/aromatic N) is 2. The maximum absolute atomic E-state index is 12.7. The van der Waals surface area contributed by atoms with Gasteiger partial charge in [-0.2, -0.15) is 0 Å². The molecule has 0 aromatic heterocycles. The van der Waals surface area contributed by atoms with E-state index < -0.39 is 0 Å². The Morgan fingerprint density at radius 2 is 1.83 bits per heavy atom. The van der Waals surface area contributed by atoms with E-state index in [2.05, 4.69) is 10.2 Å². The molecule has 7 nitrogen and oxygen atoms in total. The van der Waals surface area contributed by atoms with Gasteiger partial charge in [0.25, 0.3) is 5.91 Å². The van der Waals surface area contributed by atoms with Crippen molar-refractivity contribution in [3.8, 4) is 11.5 Å². The Kier molecular flexibility index (Phi) is 6.95. The standard InChI is InChI=1S/C23H29N3O4/c1-25(2)23(28)16-6-5-7-18(12-16)24-22(27)15-26(19-8-9-19)14-17-13-20(29-3)10-11-21(17)30-4/h5-7,10-13,19H,8-9,14-15H2,1-4H3,(H,24,27). The van der Waals surface area contributed by atoms with Crippen molar-refractivity contribution in [2.24, 2.45) is 0 Å². The van der Waals surface area contributed by atoms with Gasteiger partial charge in [0.15, 0.2) is 0 Å². The Balaban J connectivity index is 1.69. The molecule has 7 heteroatoms. The first-order chi connectivity index (χ1) is 14.4. The topological polar surface area (TPSA) is 71.1 Å². The van der Waals surface area contributed by atoms with Crippen LogP contribution in [0, 0.1) is 0 Å². The summed E-state index contributed by atoms with van der Waals surface area (Å²) in [6, 6.07) is 13.1. The molecule has 0 bridgehead atoms. The largest absolute Gasteiger partial charge is 0.497 e. The maximum Gasteiger partial charge on any atom is 0.253 e. The van der Waals surface area contributed by atoms with Crippen molar-refractivity contribution < 1.29 is 19.1 Å². The average molecular weight is 412 g/mol. The maximum atomic E-state index is 12.7. The number of benzene rings is 2. The number of hydrogen-bond acceptors (Lipinski definition) is 5. The predicted molar refractivity (Wildman–Crippen MR) is 116 cm³/mol. The number of anilines is 1. The van der Waals surface area contributed by atoms with E-state index in [0.29, 0.717) is 23.8 Å². The number of hydrogen-bond donors (Lipinski definition) is 1. The molecule has 1 fully saturated rings. The summed E-state index contributed by atoms with van der Waals surface area (Å²) < 4.78 is 10.8. The van der Waals surface area contributed by atoms with Crippen molar-refractivity contribution in [2.45, 2.75) is 25.4 Å². The van der Waals surface area contributed by atoms with Gasteiger partial charge in [0.05, 0.1) is 20.8 Å². The molecule has 30 heavy (non-hydrogen) atoms. The van der Waals surface area contributed by atoms with Gasteiger partial charge in [-0.15, -0.1) is 0 Å². The lowest BCUT2D eigenvalue weighted by Gasteiger charge is -2.23. The summed E-state index contributed by atoms with van der Waals surface area (Å²) in [5, 5.41) is 2.92. The lowest BCUT2D eigenvalue weighted by Crippen LogP contribution is -2.34. The molecule has 0 heterocycles. The normalized spacial score (nSPS) is 13.1. The van der Waals surface area contributed by atoms with Gasteiger partial charge in [-0.1, -0.05) is 6.07 Å². The number of rotatable bonds is 9. The first-order valence-corrected chi connectivity index (χ1v) is 9.97. The third-order valence-electron chi connectivity index (χ3n) is 5.07. The van der Waals surface area contributed by atoms with Gasteiger partial charge in [-0.05, 0) is 49.2 Å². The van der Waals surface area contributed by atoms with Crippen LogP contribution in [0.3, 0.4) is 0 Å². The Morgan fingerprint density at radius 1 is 1.07 bits per heavy atom. The lowest BCUT2D eigenvalue weighted by atomic mass is 10.1. The molecule has 0 saturated heterocycles. The highest BCUT2D eigenvalue weighted by atomic mass is 16.5. The molecule has 1 aliphatic carbocycles. The van der Waals surface area contributed by atoms with Gasteiger partial charge < -0.3 is 19.7 Å². The van der Waals surface area contributed by atoms with E-state index in [1.807, 2.05) is 18.2 Å². The third-order valence-corrected chi connectivity index (χ3v) is 5.07. The Hall–Kier alpha value is -3.06. The quantitative estimate of drug-likeness (QED) is 0.687. The van der Waals surface area contributed by atoms with E-state index in [9.17, 15) is 9.59 Å². The molecule has 0 unspecified atom stereocenters. The second kappa shape index (κ2) is 9.63. The summed E-state index contributed by atoms with van der Waals surface area (Å²) >= 11 is 0. The van der Waals surface area contributed by atoms with Crippen LogP contribution in [0.2, 0.25) is 0 Å². The Labute approximate surface area is 177 Å². The highest BCUT2D eigenvalue weighted by Crippen LogP contribution is 2.31. The molecule has 0 aliphatic heterocycles. The summed E-state index contributed by atoms with van der Waals surface area (Å²) in [5.41, 5.74) is 2.13. The second-order valence-electron chi connectivity index (χ2n) is 7.64. The number of carbonyl (C=O) groups excluding carboxylic acids is 2. The molecular formula is C23H29N3O4. The van der Waals surface area contributed by atoms with Gasteiger partial charge in [0.2, 0.25) is 5.91 Å². The van der Waals surface area contributed by atoms with E-state index in [1.165, 1.54) is 4.90 Å². The number of amides is 2. The van der Waals surface area contributed by atoms with Crippen LogP contribution in [0.25, 0.3) is 0 Å². The van der Waals surface area contributed by atoms with Crippen LogP contribution >= 0.6 is 0 Å². The number of ether oxygens (including phenoxy) is 2. The van der Waals surface area contributed by atoms with Gasteiger partial charge in [-0.3, -0.25) is 14.5 Å². The number of carbonyl (C=O) groups is 2. The Morgan fingerprint density at radius 3 is 2.47 bits per heavy atom. The summed E-state index contributed by atoms with van der Waals surface area (Å²) in [7, 11) is 6.68. The van der Waals surface area contributed by atoms with Crippen molar-refractivity contribution in [3.05, 3.63) is 53.6 Å². The van der Waals surface area contributed by atoms with Crippen LogP contribution in [0.1, 0.15) is 28.8 Å². The molecule has 160 valence electrons. The number of methoxy groups -OCH3 is 2. The first-order valence-electron chi connectivity index (χ1n) is 9.97. The fraction of sp³-hybridized carbons (Fsp3) is 0.391. The van der Waals surface area contributed by atoms with Crippen molar-refractivity contribution in [2.75, 3.05) is 40.2 Å². The smallest absolute Gasteiger partial charge is 0.253 e. The molecule has 1 saturated carbocycles. The molecular weight excluding hydrogens is 382 g/mol. The van der Waals surface area contributed by atoms with Gasteiger partial charge in [0, 0.05) is 43.5 Å². The minimum absolute atomic E-state index is 0.101. The summed E-state index contributed by atoms with van der Waals surface area (Å²) in [5.74, 6) is 1.32. The third kappa shape index (κ3) is 5.51. The van der Waals surface area contributed by atoms with Crippen LogP contribution in [-0.4, -0.2) is 62.5 Å². The van der Waals surface area contributed by atoms with Crippen molar-refractivity contribution in [1.29, 1.82) is 0 Å². The summed E-state index contributed by atoms with van der Waals surface area (Å²) in [6.07, 6.45) is 2.15. The van der Waals surface area contributed by atoms with Crippen molar-refractivity contribution >= 4 is 17.5 Å². The van der Waals surface area contributed by atoms with Crippen LogP contribution in [0.4, 0.5) is 5.69 Å². The zero-order valence-electron chi connectivity index (χ0n) is 18.0. The highest BCUT2D eigenvalue weighted by molar-refractivity contribution is 5.97. The van der Waals surface area contributed by atoms with Crippen LogP contribution in [0.5, 0.6) is 11.5 Å². The number of nitrogens with one attached hydrogen (secondary N) is 1. The SMILES string of the molecule is COc1ccc(OC)c(CN(CC(=O)Nc2cccc(C(=O)N(C)C)c2)C2CC2)c1. The zero-order chi connectivity index (χ0) is 21.7. The molecule has 0 atom stereocenters.